The molecule has 1 aromatic rings. The second-order valence-corrected chi connectivity index (χ2v) is 5.80. The molecule has 0 saturated carbocycles. The lowest BCUT2D eigenvalue weighted by molar-refractivity contribution is -0.141. The maximum atomic E-state index is 12.5. The second-order valence-electron chi connectivity index (χ2n) is 4.72. The van der Waals surface area contributed by atoms with Gasteiger partial charge in [0.05, 0.1) is 29.8 Å². The van der Waals surface area contributed by atoms with Crippen LogP contribution < -0.4 is 0 Å². The van der Waals surface area contributed by atoms with E-state index in [4.69, 9.17) is 9.84 Å². The monoisotopic (exact) mass is 298 g/mol. The van der Waals surface area contributed by atoms with E-state index in [-0.39, 0.29) is 12.3 Å². The van der Waals surface area contributed by atoms with Crippen LogP contribution in [0.25, 0.3) is 0 Å². The van der Waals surface area contributed by atoms with Gasteiger partial charge in [-0.3, -0.25) is 9.59 Å². The molecule has 1 aliphatic rings. The predicted molar refractivity (Wildman–Crippen MR) is 74.1 cm³/mol. The molecule has 0 bridgehead atoms. The number of nitrogens with zero attached hydrogens (tertiary/aromatic N) is 2. The summed E-state index contributed by atoms with van der Waals surface area (Å²) < 4.78 is 5.37. The van der Waals surface area contributed by atoms with Gasteiger partial charge in [-0.25, -0.2) is 4.98 Å². The normalized spacial score (nSPS) is 19.1. The van der Waals surface area contributed by atoms with Gasteiger partial charge in [0.15, 0.2) is 0 Å². The zero-order valence-corrected chi connectivity index (χ0v) is 12.4. The van der Waals surface area contributed by atoms with Gasteiger partial charge in [-0.1, -0.05) is 6.92 Å². The van der Waals surface area contributed by atoms with Crippen molar-refractivity contribution in [3.8, 4) is 0 Å². The zero-order valence-electron chi connectivity index (χ0n) is 11.6. The Bertz CT molecular complexity index is 514. The van der Waals surface area contributed by atoms with Gasteiger partial charge in [-0.05, 0) is 13.3 Å². The molecule has 6 nitrogen and oxygen atoms in total. The first-order valence-corrected chi connectivity index (χ1v) is 7.41. The van der Waals surface area contributed by atoms with Crippen molar-refractivity contribution in [2.75, 3.05) is 19.7 Å². The third-order valence-corrected chi connectivity index (χ3v) is 4.46. The molecule has 1 fully saturated rings. The number of ether oxygens (including phenoxy) is 1. The first-order valence-electron chi connectivity index (χ1n) is 6.60. The molecule has 1 saturated heterocycles. The minimum atomic E-state index is -0.911. The largest absolute Gasteiger partial charge is 0.481 e. The van der Waals surface area contributed by atoms with Gasteiger partial charge in [0.1, 0.15) is 4.88 Å². The Hall–Kier alpha value is -1.47. The minimum absolute atomic E-state index is 0.0709. The highest BCUT2D eigenvalue weighted by Gasteiger charge is 2.28. The lowest BCUT2D eigenvalue weighted by Crippen LogP contribution is -2.46. The Morgan fingerprint density at radius 3 is 2.90 bits per heavy atom. The van der Waals surface area contributed by atoms with E-state index in [1.54, 1.807) is 4.90 Å². The topological polar surface area (TPSA) is 79.7 Å². The number of thiazole rings is 1. The van der Waals surface area contributed by atoms with E-state index in [9.17, 15) is 9.59 Å². The van der Waals surface area contributed by atoms with Crippen LogP contribution in [0, 0.1) is 6.92 Å². The minimum Gasteiger partial charge on any atom is -0.481 e. The summed E-state index contributed by atoms with van der Waals surface area (Å²) >= 11 is 1.42. The van der Waals surface area contributed by atoms with Crippen LogP contribution in [0.4, 0.5) is 0 Å². The summed E-state index contributed by atoms with van der Waals surface area (Å²) in [4.78, 5) is 29.9. The summed E-state index contributed by atoms with van der Waals surface area (Å²) in [7, 11) is 0. The highest BCUT2D eigenvalue weighted by molar-refractivity contribution is 7.13. The van der Waals surface area contributed by atoms with Gasteiger partial charge in [-0.15, -0.1) is 11.3 Å². The van der Waals surface area contributed by atoms with Crippen LogP contribution in [-0.4, -0.2) is 52.7 Å². The molecule has 1 N–H and O–H groups in total. The molecule has 7 heteroatoms. The average Bonchev–Trinajstić information content (AvgIpc) is 2.79. The van der Waals surface area contributed by atoms with E-state index in [2.05, 4.69) is 4.98 Å². The third-order valence-electron chi connectivity index (χ3n) is 3.17. The highest BCUT2D eigenvalue weighted by atomic mass is 32.1. The number of morpholine rings is 1. The Morgan fingerprint density at radius 2 is 2.30 bits per heavy atom. The smallest absolute Gasteiger partial charge is 0.306 e. The Labute approximate surface area is 121 Å². The third kappa shape index (κ3) is 3.34. The lowest BCUT2D eigenvalue weighted by atomic mass is 10.2. The number of amides is 1. The number of hydrogen-bond donors (Lipinski definition) is 1. The predicted octanol–water partition coefficient (Wildman–Crippen LogP) is 1.33. The SMILES string of the molecule is CCc1nc(C)c(C(=O)N2CCOC(CC(=O)O)C2)s1. The zero-order chi connectivity index (χ0) is 14.7. The molecule has 1 aromatic heterocycles. The number of aliphatic carboxylic acids is 1. The van der Waals surface area contributed by atoms with Gasteiger partial charge in [-0.2, -0.15) is 0 Å². The molecule has 1 atom stereocenters. The van der Waals surface area contributed by atoms with Crippen LogP contribution in [0.2, 0.25) is 0 Å². The number of aromatic nitrogens is 1. The Morgan fingerprint density at radius 1 is 1.55 bits per heavy atom. The summed E-state index contributed by atoms with van der Waals surface area (Å²) in [5.41, 5.74) is 0.748. The number of hydrogen-bond acceptors (Lipinski definition) is 5. The summed E-state index contributed by atoms with van der Waals surface area (Å²) in [6.45, 7) is 5.03. The number of aryl methyl sites for hydroxylation is 2. The van der Waals surface area contributed by atoms with E-state index in [1.165, 1.54) is 11.3 Å². The Balaban J connectivity index is 2.07. The molecule has 2 heterocycles. The average molecular weight is 298 g/mol. The highest BCUT2D eigenvalue weighted by Crippen LogP contribution is 2.22. The summed E-state index contributed by atoms with van der Waals surface area (Å²) in [5, 5.41) is 9.74. The molecule has 1 amide bonds. The van der Waals surface area contributed by atoms with Crippen molar-refractivity contribution in [1.29, 1.82) is 0 Å². The van der Waals surface area contributed by atoms with Gasteiger partial charge in [0.2, 0.25) is 0 Å². The number of carboxylic acids is 1. The lowest BCUT2D eigenvalue weighted by Gasteiger charge is -2.32. The van der Waals surface area contributed by atoms with Crippen LogP contribution in [-0.2, 0) is 16.0 Å². The number of rotatable bonds is 4. The van der Waals surface area contributed by atoms with Crippen molar-refractivity contribution in [1.82, 2.24) is 9.88 Å². The number of carbonyl (C=O) groups excluding carboxylic acids is 1. The quantitative estimate of drug-likeness (QED) is 0.907. The molecule has 1 aliphatic heterocycles. The van der Waals surface area contributed by atoms with Crippen molar-refractivity contribution in [3.63, 3.8) is 0 Å². The van der Waals surface area contributed by atoms with E-state index in [0.29, 0.717) is 24.6 Å². The van der Waals surface area contributed by atoms with E-state index < -0.39 is 12.1 Å². The molecule has 110 valence electrons. The molecule has 0 aromatic carbocycles. The molecule has 0 spiro atoms. The molecule has 1 unspecified atom stereocenters. The summed E-state index contributed by atoms with van der Waals surface area (Å²) in [6, 6.07) is 0. The molecule has 2 rings (SSSR count). The van der Waals surface area contributed by atoms with Crippen molar-refractivity contribution in [2.24, 2.45) is 0 Å². The molecule has 0 radical (unpaired) electrons. The molecular weight excluding hydrogens is 280 g/mol. The van der Waals surface area contributed by atoms with Gasteiger partial charge < -0.3 is 14.7 Å². The number of carbonyl (C=O) groups is 2. The Kier molecular flexibility index (Phi) is 4.72. The fraction of sp³-hybridized carbons (Fsp3) is 0.615. The summed E-state index contributed by atoms with van der Waals surface area (Å²) in [6.07, 6.45) is 0.305. The molecule has 20 heavy (non-hydrogen) atoms. The van der Waals surface area contributed by atoms with Gasteiger partial charge in [0.25, 0.3) is 5.91 Å². The maximum absolute atomic E-state index is 12.5. The summed E-state index contributed by atoms with van der Waals surface area (Å²) in [5.74, 6) is -0.982. The van der Waals surface area contributed by atoms with Crippen LogP contribution in [0.15, 0.2) is 0 Å². The molecule has 0 aliphatic carbocycles. The van der Waals surface area contributed by atoms with Crippen LogP contribution in [0.3, 0.4) is 0 Å². The van der Waals surface area contributed by atoms with E-state index >= 15 is 0 Å². The van der Waals surface area contributed by atoms with Gasteiger partial charge in [0, 0.05) is 13.1 Å². The van der Waals surface area contributed by atoms with Crippen molar-refractivity contribution >= 4 is 23.2 Å². The van der Waals surface area contributed by atoms with Crippen molar-refractivity contribution < 1.29 is 19.4 Å². The van der Waals surface area contributed by atoms with Crippen LogP contribution in [0.1, 0.15) is 33.7 Å². The standard InChI is InChI=1S/C13H18N2O4S/c1-3-10-14-8(2)12(20-10)13(18)15-4-5-19-9(7-15)6-11(16)17/h9H,3-7H2,1-2H3,(H,16,17). The van der Waals surface area contributed by atoms with Crippen LogP contribution >= 0.6 is 11.3 Å². The second kappa shape index (κ2) is 6.32. The first kappa shape index (κ1) is 14.9. The molecular formula is C13H18N2O4S. The van der Waals surface area contributed by atoms with Crippen molar-refractivity contribution in [2.45, 2.75) is 32.8 Å². The van der Waals surface area contributed by atoms with Crippen molar-refractivity contribution in [3.05, 3.63) is 15.6 Å². The fourth-order valence-corrected chi connectivity index (χ4v) is 3.14. The van der Waals surface area contributed by atoms with Gasteiger partial charge >= 0.3 is 5.97 Å². The van der Waals surface area contributed by atoms with Crippen LogP contribution in [0.5, 0.6) is 0 Å². The maximum Gasteiger partial charge on any atom is 0.306 e. The first-order chi connectivity index (χ1) is 9.51. The van der Waals surface area contributed by atoms with E-state index in [1.807, 2.05) is 13.8 Å². The fourth-order valence-electron chi connectivity index (χ4n) is 2.17. The number of carboxylic acid groups (broad SMARTS) is 1. The van der Waals surface area contributed by atoms with E-state index in [0.717, 1.165) is 17.1 Å².